The number of pyridine rings is 1. The zero-order chi connectivity index (χ0) is 10.3. The summed E-state index contributed by atoms with van der Waals surface area (Å²) in [6.07, 6.45) is 1.57. The Morgan fingerprint density at radius 1 is 0.929 bits per heavy atom. The number of nitrogens with zero attached hydrogens (tertiary/aromatic N) is 1. The van der Waals surface area contributed by atoms with Gasteiger partial charge >= 0.3 is 0 Å². The molecule has 0 N–H and O–H groups in total. The molecule has 14 heavy (non-hydrogen) atoms. The monoisotopic (exact) mass is 265 g/mol. The van der Waals surface area contributed by atoms with Gasteiger partial charge in [0.2, 0.25) is 0 Å². The summed E-state index contributed by atoms with van der Waals surface area (Å²) in [5, 5.41) is 2.28. The second-order valence-electron chi connectivity index (χ2n) is 2.67. The van der Waals surface area contributed by atoms with E-state index in [0.717, 1.165) is 0 Å². The van der Waals surface area contributed by atoms with Gasteiger partial charge in [-0.1, -0.05) is 46.4 Å². The van der Waals surface area contributed by atoms with Gasteiger partial charge in [-0.3, -0.25) is 4.98 Å². The van der Waals surface area contributed by atoms with Crippen molar-refractivity contribution in [3.63, 3.8) is 0 Å². The van der Waals surface area contributed by atoms with E-state index in [2.05, 4.69) is 4.98 Å². The Morgan fingerprint density at radius 2 is 1.64 bits per heavy atom. The molecular weight excluding hydrogens is 264 g/mol. The largest absolute Gasteiger partial charge is 0.255 e. The molecule has 0 unspecified atom stereocenters. The van der Waals surface area contributed by atoms with Crippen molar-refractivity contribution in [3.05, 3.63) is 38.4 Å². The Labute approximate surface area is 101 Å². The highest BCUT2D eigenvalue weighted by Crippen LogP contribution is 2.38. The fourth-order valence-electron chi connectivity index (χ4n) is 1.19. The van der Waals surface area contributed by atoms with Crippen molar-refractivity contribution in [2.24, 2.45) is 0 Å². The molecule has 0 spiro atoms. The molecule has 2 aromatic rings. The Hall–Kier alpha value is -0.210. The maximum absolute atomic E-state index is 5.99. The highest BCUT2D eigenvalue weighted by atomic mass is 35.5. The summed E-state index contributed by atoms with van der Waals surface area (Å²) in [5.74, 6) is 0. The van der Waals surface area contributed by atoms with Crippen LogP contribution in [-0.2, 0) is 0 Å². The summed E-state index contributed by atoms with van der Waals surface area (Å²) in [6, 6.07) is 3.19. The van der Waals surface area contributed by atoms with Crippen LogP contribution in [0.15, 0.2) is 18.3 Å². The number of hydrogen-bond donors (Lipinski definition) is 0. The highest BCUT2D eigenvalue weighted by Gasteiger charge is 2.11. The minimum absolute atomic E-state index is 0.374. The molecule has 0 aliphatic heterocycles. The molecule has 0 amide bonds. The lowest BCUT2D eigenvalue weighted by molar-refractivity contribution is 1.41. The molecule has 1 aromatic heterocycles. The summed E-state index contributed by atoms with van der Waals surface area (Å²) in [6.45, 7) is 0. The highest BCUT2D eigenvalue weighted by molar-refractivity contribution is 6.50. The van der Waals surface area contributed by atoms with Crippen LogP contribution in [0.1, 0.15) is 0 Å². The Morgan fingerprint density at radius 3 is 2.36 bits per heavy atom. The Bertz CT molecular complexity index is 510. The second kappa shape index (κ2) is 3.74. The Balaban J connectivity index is 3.03. The van der Waals surface area contributed by atoms with Crippen molar-refractivity contribution in [1.82, 2.24) is 4.98 Å². The molecule has 0 atom stereocenters. The van der Waals surface area contributed by atoms with Gasteiger partial charge in [-0.15, -0.1) is 0 Å². The van der Waals surface area contributed by atoms with Crippen LogP contribution in [0.4, 0.5) is 0 Å². The van der Waals surface area contributed by atoms with Crippen LogP contribution in [0.5, 0.6) is 0 Å². The van der Waals surface area contributed by atoms with Crippen molar-refractivity contribution >= 4 is 57.3 Å². The molecule has 1 aromatic carbocycles. The number of fused-ring (bicyclic) bond motifs is 1. The third kappa shape index (κ3) is 1.55. The maximum atomic E-state index is 5.99. The van der Waals surface area contributed by atoms with Gasteiger partial charge in [-0.25, -0.2) is 0 Å². The van der Waals surface area contributed by atoms with Crippen molar-refractivity contribution < 1.29 is 0 Å². The summed E-state index contributed by atoms with van der Waals surface area (Å²) < 4.78 is 0. The van der Waals surface area contributed by atoms with Gasteiger partial charge in [0.25, 0.3) is 0 Å². The SMILES string of the molecule is Clc1cc(Cl)c2nccc(Cl)c2c1Cl. The lowest BCUT2D eigenvalue weighted by Gasteiger charge is -2.05. The van der Waals surface area contributed by atoms with Gasteiger partial charge in [0.1, 0.15) is 0 Å². The van der Waals surface area contributed by atoms with E-state index in [-0.39, 0.29) is 0 Å². The molecule has 0 fully saturated rings. The zero-order valence-electron chi connectivity index (χ0n) is 6.69. The minimum atomic E-state index is 0.374. The van der Waals surface area contributed by atoms with Crippen LogP contribution in [0, 0.1) is 0 Å². The van der Waals surface area contributed by atoms with E-state index in [4.69, 9.17) is 46.4 Å². The van der Waals surface area contributed by atoms with E-state index in [1.807, 2.05) is 0 Å². The first kappa shape index (κ1) is 10.3. The van der Waals surface area contributed by atoms with E-state index in [1.165, 1.54) is 0 Å². The first-order chi connectivity index (χ1) is 6.61. The molecule has 0 aliphatic rings. The van der Waals surface area contributed by atoms with Crippen molar-refractivity contribution in [3.8, 4) is 0 Å². The molecule has 0 aliphatic carbocycles. The van der Waals surface area contributed by atoms with Crippen molar-refractivity contribution in [2.45, 2.75) is 0 Å². The average Bonchev–Trinajstić information content (AvgIpc) is 2.14. The fraction of sp³-hybridized carbons (Fsp3) is 0. The second-order valence-corrected chi connectivity index (χ2v) is 4.27. The number of hydrogen-bond acceptors (Lipinski definition) is 1. The standard InChI is InChI=1S/C9H3Cl4N/c10-4-1-2-14-9-6(12)3-5(11)8(13)7(4)9/h1-3H. The van der Waals surface area contributed by atoms with E-state index >= 15 is 0 Å². The molecule has 1 nitrogen and oxygen atoms in total. The van der Waals surface area contributed by atoms with Crippen LogP contribution >= 0.6 is 46.4 Å². The van der Waals surface area contributed by atoms with Gasteiger partial charge in [0, 0.05) is 11.6 Å². The van der Waals surface area contributed by atoms with Gasteiger partial charge in [-0.2, -0.15) is 0 Å². The van der Waals surface area contributed by atoms with Gasteiger partial charge in [0.15, 0.2) is 0 Å². The number of aromatic nitrogens is 1. The topological polar surface area (TPSA) is 12.9 Å². The molecule has 0 bridgehead atoms. The van der Waals surface area contributed by atoms with E-state index in [9.17, 15) is 0 Å². The predicted octanol–water partition coefficient (Wildman–Crippen LogP) is 4.85. The van der Waals surface area contributed by atoms with Crippen LogP contribution in [0.25, 0.3) is 10.9 Å². The quantitative estimate of drug-likeness (QED) is 0.622. The first-order valence-corrected chi connectivity index (χ1v) is 5.20. The molecule has 72 valence electrons. The van der Waals surface area contributed by atoms with Gasteiger partial charge in [-0.05, 0) is 12.1 Å². The van der Waals surface area contributed by atoms with Crippen LogP contribution < -0.4 is 0 Å². The number of rotatable bonds is 0. The van der Waals surface area contributed by atoms with Crippen molar-refractivity contribution in [1.29, 1.82) is 0 Å². The normalized spacial score (nSPS) is 10.9. The summed E-state index contributed by atoms with van der Waals surface area (Å²) in [4.78, 5) is 4.08. The van der Waals surface area contributed by atoms with Crippen molar-refractivity contribution in [2.75, 3.05) is 0 Å². The van der Waals surface area contributed by atoms with Crippen LogP contribution in [-0.4, -0.2) is 4.98 Å². The average molecular weight is 267 g/mol. The minimum Gasteiger partial charge on any atom is -0.255 e. The smallest absolute Gasteiger partial charge is 0.0919 e. The molecule has 0 radical (unpaired) electrons. The molecule has 0 saturated carbocycles. The van der Waals surface area contributed by atoms with E-state index in [1.54, 1.807) is 18.3 Å². The maximum Gasteiger partial charge on any atom is 0.0919 e. The summed E-state index contributed by atoms with van der Waals surface area (Å²) in [7, 11) is 0. The summed E-state index contributed by atoms with van der Waals surface area (Å²) >= 11 is 23.8. The molecular formula is C9H3Cl4N. The van der Waals surface area contributed by atoms with E-state index in [0.29, 0.717) is 31.0 Å². The molecule has 0 saturated heterocycles. The third-order valence-corrected chi connectivity index (χ3v) is 3.20. The number of halogens is 4. The lowest BCUT2D eigenvalue weighted by atomic mass is 10.2. The van der Waals surface area contributed by atoms with Crippen LogP contribution in [0.2, 0.25) is 20.1 Å². The third-order valence-electron chi connectivity index (χ3n) is 1.81. The Kier molecular flexibility index (Phi) is 2.76. The van der Waals surface area contributed by atoms with Gasteiger partial charge in [0.05, 0.1) is 25.6 Å². The summed E-state index contributed by atoms with van der Waals surface area (Å²) in [5.41, 5.74) is 0.563. The zero-order valence-corrected chi connectivity index (χ0v) is 9.71. The van der Waals surface area contributed by atoms with E-state index < -0.39 is 0 Å². The fourth-order valence-corrected chi connectivity index (χ4v) is 2.24. The molecule has 5 heteroatoms. The lowest BCUT2D eigenvalue weighted by Crippen LogP contribution is -1.83. The molecule has 1 heterocycles. The van der Waals surface area contributed by atoms with Gasteiger partial charge < -0.3 is 0 Å². The molecule has 2 rings (SSSR count). The number of benzene rings is 1. The first-order valence-electron chi connectivity index (χ1n) is 3.69. The van der Waals surface area contributed by atoms with Crippen LogP contribution in [0.3, 0.4) is 0 Å². The predicted molar refractivity (Wildman–Crippen MR) is 61.8 cm³/mol.